The van der Waals surface area contributed by atoms with Gasteiger partial charge in [0.05, 0.1) is 5.41 Å². The van der Waals surface area contributed by atoms with Crippen LogP contribution in [0.2, 0.25) is 0 Å². The first-order valence-corrected chi connectivity index (χ1v) is 23.5. The highest BCUT2D eigenvalue weighted by Crippen LogP contribution is 2.61. The van der Waals surface area contributed by atoms with Gasteiger partial charge in [-0.05, 0) is 112 Å². The van der Waals surface area contributed by atoms with E-state index < -0.39 is 5.41 Å². The zero-order chi connectivity index (χ0) is 45.5. The van der Waals surface area contributed by atoms with Gasteiger partial charge in [0.15, 0.2) is 0 Å². The molecule has 0 radical (unpaired) electrons. The molecule has 2 aliphatic rings. The van der Waals surface area contributed by atoms with Crippen molar-refractivity contribution >= 4 is 49.8 Å². The van der Waals surface area contributed by atoms with Crippen molar-refractivity contribution in [1.29, 1.82) is 0 Å². The Balaban J connectivity index is 0.890. The van der Waals surface area contributed by atoms with E-state index in [1.807, 2.05) is 24.3 Å². The van der Waals surface area contributed by atoms with Crippen LogP contribution in [-0.2, 0) is 5.41 Å². The topological polar surface area (TPSA) is 34.8 Å². The predicted octanol–water partition coefficient (Wildman–Crippen LogP) is 17.8. The number of para-hydroxylation sites is 4. The zero-order valence-corrected chi connectivity index (χ0v) is 37.3. The molecule has 4 nitrogen and oxygen atoms in total. The van der Waals surface area contributed by atoms with Crippen molar-refractivity contribution in [2.24, 2.45) is 0 Å². The Bertz CT molecular complexity index is 3900. The number of ether oxygens (including phenoxy) is 2. The number of hydrogen-bond donors (Lipinski definition) is 0. The van der Waals surface area contributed by atoms with Crippen LogP contribution in [0.25, 0.3) is 66.1 Å². The first kappa shape index (κ1) is 39.1. The summed E-state index contributed by atoms with van der Waals surface area (Å²) in [7, 11) is 0. The van der Waals surface area contributed by atoms with Gasteiger partial charge in [0, 0.05) is 55.5 Å². The summed E-state index contributed by atoms with van der Waals surface area (Å²) in [6, 6.07) is 88.4. The van der Waals surface area contributed by atoms with Crippen LogP contribution in [0.4, 0.5) is 17.1 Å². The molecule has 2 aliphatic heterocycles. The predicted molar refractivity (Wildman–Crippen MR) is 281 cm³/mol. The summed E-state index contributed by atoms with van der Waals surface area (Å²) in [5.41, 5.74) is 15.5. The Hall–Kier alpha value is -9.12. The minimum atomic E-state index is -0.633. The minimum absolute atomic E-state index is 0.633. The van der Waals surface area contributed by atoms with Crippen LogP contribution in [0.3, 0.4) is 0 Å². The van der Waals surface area contributed by atoms with Crippen molar-refractivity contribution in [3.05, 3.63) is 271 Å². The van der Waals surface area contributed by atoms with E-state index in [1.54, 1.807) is 0 Å². The zero-order valence-electron chi connectivity index (χ0n) is 37.3. The molecule has 4 heteroatoms. The second kappa shape index (κ2) is 15.5. The molecule has 1 spiro atoms. The quantitative estimate of drug-likeness (QED) is 0.167. The van der Waals surface area contributed by atoms with Gasteiger partial charge in [0.1, 0.15) is 34.2 Å². The summed E-state index contributed by atoms with van der Waals surface area (Å²) in [6.45, 7) is 0. The maximum atomic E-state index is 6.88. The van der Waals surface area contributed by atoms with Crippen molar-refractivity contribution in [2.75, 3.05) is 4.90 Å². The van der Waals surface area contributed by atoms with E-state index in [9.17, 15) is 0 Å². The van der Waals surface area contributed by atoms with E-state index >= 15 is 0 Å². The molecule has 1 aromatic heterocycles. The Morgan fingerprint density at radius 1 is 0.304 bits per heavy atom. The molecule has 0 atom stereocenters. The molecule has 0 N–H and O–H groups in total. The van der Waals surface area contributed by atoms with Gasteiger partial charge < -0.3 is 18.8 Å². The number of nitrogens with zero attached hydrogens (tertiary/aromatic N) is 1. The lowest BCUT2D eigenvalue weighted by Crippen LogP contribution is -2.36. The highest BCUT2D eigenvalue weighted by molar-refractivity contribution is 6.15. The Morgan fingerprint density at radius 3 is 1.46 bits per heavy atom. The number of fused-ring (bicyclic) bond motifs is 13. The Kier molecular flexibility index (Phi) is 8.77. The third kappa shape index (κ3) is 6.09. The van der Waals surface area contributed by atoms with Crippen molar-refractivity contribution in [1.82, 2.24) is 0 Å². The van der Waals surface area contributed by atoms with Gasteiger partial charge in [0.25, 0.3) is 0 Å². The standard InChI is InChI=1S/C65H41NO3/c1-2-14-43(15-3-1)50-16-4-5-17-51(50)44-28-35-48(36-29-44)66(49-37-30-45-31-38-53-52-18-6-10-22-59(52)69-64(53)54(45)41-49)47-33-26-42(27-34-47)46-32-39-58-63(40-46)68-62-25-13-9-21-57(62)65(58)55-19-7-11-23-60(55)67-61-24-12-8-20-56(61)65/h1-41H. The highest BCUT2D eigenvalue weighted by atomic mass is 16.5. The van der Waals surface area contributed by atoms with E-state index in [2.05, 4.69) is 229 Å². The summed E-state index contributed by atoms with van der Waals surface area (Å²) in [4.78, 5) is 2.34. The fraction of sp³-hybridized carbons (Fsp3) is 0.0154. The summed E-state index contributed by atoms with van der Waals surface area (Å²) in [6.07, 6.45) is 0. The number of hydrogen-bond acceptors (Lipinski definition) is 4. The first-order valence-electron chi connectivity index (χ1n) is 23.5. The van der Waals surface area contributed by atoms with Crippen LogP contribution in [0, 0.1) is 0 Å². The van der Waals surface area contributed by atoms with Crippen LogP contribution in [0.5, 0.6) is 23.0 Å². The smallest absolute Gasteiger partial charge is 0.143 e. The molecule has 324 valence electrons. The Labute approximate surface area is 399 Å². The van der Waals surface area contributed by atoms with Gasteiger partial charge in [-0.2, -0.15) is 0 Å². The van der Waals surface area contributed by atoms with Crippen LogP contribution < -0.4 is 14.4 Å². The van der Waals surface area contributed by atoms with E-state index in [0.29, 0.717) is 0 Å². The molecule has 0 bridgehead atoms. The average molecular weight is 884 g/mol. The molecule has 3 heterocycles. The number of benzene rings is 11. The normalized spacial score (nSPS) is 13.0. The van der Waals surface area contributed by atoms with Crippen molar-refractivity contribution in [3.8, 4) is 56.4 Å². The Morgan fingerprint density at radius 2 is 0.797 bits per heavy atom. The molecule has 0 saturated carbocycles. The fourth-order valence-electron chi connectivity index (χ4n) is 11.1. The van der Waals surface area contributed by atoms with Gasteiger partial charge in [-0.25, -0.2) is 0 Å². The summed E-state index contributed by atoms with van der Waals surface area (Å²) in [5.74, 6) is 3.36. The molecule has 14 rings (SSSR count). The third-order valence-electron chi connectivity index (χ3n) is 14.2. The maximum absolute atomic E-state index is 6.88. The van der Waals surface area contributed by atoms with Crippen LogP contribution in [0.15, 0.2) is 253 Å². The van der Waals surface area contributed by atoms with Gasteiger partial charge >= 0.3 is 0 Å². The van der Waals surface area contributed by atoms with Crippen LogP contribution >= 0.6 is 0 Å². The molecule has 69 heavy (non-hydrogen) atoms. The lowest BCUT2D eigenvalue weighted by atomic mass is 9.62. The number of anilines is 3. The molecule has 12 aromatic rings. The maximum Gasteiger partial charge on any atom is 0.143 e. The van der Waals surface area contributed by atoms with Gasteiger partial charge in [0.2, 0.25) is 0 Å². The lowest BCUT2D eigenvalue weighted by Gasteiger charge is -2.44. The summed E-state index contributed by atoms with van der Waals surface area (Å²) in [5, 5.41) is 4.42. The molecule has 0 aliphatic carbocycles. The molecule has 0 fully saturated rings. The largest absolute Gasteiger partial charge is 0.457 e. The average Bonchev–Trinajstić information content (AvgIpc) is 3.81. The number of rotatable bonds is 6. The first-order chi connectivity index (χ1) is 34.2. The SMILES string of the molecule is c1ccc(-c2ccccc2-c2ccc(N(c3ccc(-c4ccc5c(c4)Oc4ccccc4C54c5ccccc5Oc5ccccc54)cc3)c3ccc4ccc5c6ccccc6oc5c4c3)cc2)cc1. The lowest BCUT2D eigenvalue weighted by molar-refractivity contribution is 0.399. The van der Waals surface area contributed by atoms with E-state index in [4.69, 9.17) is 13.9 Å². The molecule has 11 aromatic carbocycles. The van der Waals surface area contributed by atoms with E-state index in [1.165, 1.54) is 16.7 Å². The second-order valence-electron chi connectivity index (χ2n) is 17.9. The van der Waals surface area contributed by atoms with Gasteiger partial charge in [-0.1, -0.05) is 176 Å². The third-order valence-corrected chi connectivity index (χ3v) is 14.2. The summed E-state index contributed by atoms with van der Waals surface area (Å²) < 4.78 is 20.0. The molecule has 0 unspecified atom stereocenters. The number of furan rings is 1. The molecule has 0 amide bonds. The molecular weight excluding hydrogens is 843 g/mol. The minimum Gasteiger partial charge on any atom is -0.457 e. The summed E-state index contributed by atoms with van der Waals surface area (Å²) >= 11 is 0. The van der Waals surface area contributed by atoms with Crippen LogP contribution in [-0.4, -0.2) is 0 Å². The second-order valence-corrected chi connectivity index (χ2v) is 17.9. The molecule has 0 saturated heterocycles. The fourth-order valence-corrected chi connectivity index (χ4v) is 11.1. The highest BCUT2D eigenvalue weighted by Gasteiger charge is 2.50. The van der Waals surface area contributed by atoms with Crippen molar-refractivity contribution in [2.45, 2.75) is 5.41 Å². The van der Waals surface area contributed by atoms with E-state index in [0.717, 1.165) is 112 Å². The van der Waals surface area contributed by atoms with Gasteiger partial charge in [-0.3, -0.25) is 0 Å². The monoisotopic (exact) mass is 883 g/mol. The van der Waals surface area contributed by atoms with Crippen molar-refractivity contribution in [3.63, 3.8) is 0 Å². The van der Waals surface area contributed by atoms with Crippen molar-refractivity contribution < 1.29 is 13.9 Å². The van der Waals surface area contributed by atoms with Gasteiger partial charge in [-0.15, -0.1) is 0 Å². The molecular formula is C65H41NO3. The van der Waals surface area contributed by atoms with E-state index in [-0.39, 0.29) is 0 Å². The van der Waals surface area contributed by atoms with Crippen LogP contribution in [0.1, 0.15) is 22.3 Å².